The topological polar surface area (TPSA) is 93.0 Å². The minimum Gasteiger partial charge on any atom is -0.494 e. The highest BCUT2D eigenvalue weighted by atomic mass is 16.5. The lowest BCUT2D eigenvalue weighted by molar-refractivity contribution is 0.102. The molecular weight excluding hydrogens is 244 g/mol. The van der Waals surface area contributed by atoms with E-state index in [1.807, 2.05) is 19.1 Å². The Bertz CT molecular complexity index is 548. The molecule has 1 heterocycles. The van der Waals surface area contributed by atoms with Crippen LogP contribution in [-0.4, -0.2) is 22.7 Å². The van der Waals surface area contributed by atoms with E-state index in [1.54, 1.807) is 12.1 Å². The smallest absolute Gasteiger partial charge is 0.261 e. The summed E-state index contributed by atoms with van der Waals surface area (Å²) in [6.07, 6.45) is 2.35. The molecular formula is C13H16N4O2. The maximum atomic E-state index is 11.9. The van der Waals surface area contributed by atoms with Crippen LogP contribution in [0.2, 0.25) is 0 Å². The number of benzene rings is 1. The molecule has 0 aliphatic carbocycles. The number of aromatic nitrogens is 2. The van der Waals surface area contributed by atoms with Crippen molar-refractivity contribution in [3.8, 4) is 5.75 Å². The summed E-state index contributed by atoms with van der Waals surface area (Å²) in [5.74, 6) is 0.733. The second kappa shape index (κ2) is 5.90. The maximum absolute atomic E-state index is 11.9. The van der Waals surface area contributed by atoms with Crippen molar-refractivity contribution < 1.29 is 9.53 Å². The highest BCUT2D eigenvalue weighted by Gasteiger charge is 2.11. The van der Waals surface area contributed by atoms with Crippen LogP contribution in [0.4, 0.5) is 11.5 Å². The largest absolute Gasteiger partial charge is 0.494 e. The summed E-state index contributed by atoms with van der Waals surface area (Å²) in [5, 5.41) is 8.95. The van der Waals surface area contributed by atoms with Crippen molar-refractivity contribution in [2.24, 2.45) is 0 Å². The summed E-state index contributed by atoms with van der Waals surface area (Å²) in [4.78, 5) is 11.9. The molecule has 19 heavy (non-hydrogen) atoms. The summed E-state index contributed by atoms with van der Waals surface area (Å²) in [6, 6.07) is 7.17. The number of nitrogens with one attached hydrogen (secondary N) is 2. The van der Waals surface area contributed by atoms with Gasteiger partial charge in [-0.1, -0.05) is 6.92 Å². The van der Waals surface area contributed by atoms with E-state index in [-0.39, 0.29) is 11.7 Å². The molecule has 2 aromatic rings. The fraction of sp³-hybridized carbons (Fsp3) is 0.231. The molecule has 1 amide bonds. The first kappa shape index (κ1) is 12.9. The molecule has 0 aliphatic rings. The van der Waals surface area contributed by atoms with Gasteiger partial charge in [0.2, 0.25) is 0 Å². The Morgan fingerprint density at radius 3 is 2.74 bits per heavy atom. The number of amides is 1. The van der Waals surface area contributed by atoms with Gasteiger partial charge < -0.3 is 15.8 Å². The number of nitrogens with two attached hydrogens (primary N) is 1. The molecule has 0 saturated carbocycles. The van der Waals surface area contributed by atoms with Crippen molar-refractivity contribution in [2.75, 3.05) is 17.7 Å². The predicted molar refractivity (Wildman–Crippen MR) is 73.2 cm³/mol. The van der Waals surface area contributed by atoms with E-state index < -0.39 is 0 Å². The third-order valence-corrected chi connectivity index (χ3v) is 2.50. The van der Waals surface area contributed by atoms with E-state index in [4.69, 9.17) is 10.5 Å². The van der Waals surface area contributed by atoms with Gasteiger partial charge in [0, 0.05) is 5.69 Å². The Labute approximate surface area is 111 Å². The molecule has 1 aromatic carbocycles. The van der Waals surface area contributed by atoms with Crippen LogP contribution in [0.3, 0.4) is 0 Å². The lowest BCUT2D eigenvalue weighted by atomic mass is 10.2. The SMILES string of the molecule is CCCOc1ccc(NC(=O)c2cn[nH]c2N)cc1. The van der Waals surface area contributed by atoms with Crippen LogP contribution >= 0.6 is 0 Å². The average molecular weight is 260 g/mol. The fourth-order valence-corrected chi connectivity index (χ4v) is 1.53. The van der Waals surface area contributed by atoms with Gasteiger partial charge in [-0.3, -0.25) is 9.89 Å². The van der Waals surface area contributed by atoms with Crippen LogP contribution in [0.25, 0.3) is 0 Å². The molecule has 0 spiro atoms. The highest BCUT2D eigenvalue weighted by Crippen LogP contribution is 2.17. The third-order valence-electron chi connectivity index (χ3n) is 2.50. The Morgan fingerprint density at radius 2 is 2.16 bits per heavy atom. The lowest BCUT2D eigenvalue weighted by Crippen LogP contribution is -2.12. The van der Waals surface area contributed by atoms with Gasteiger partial charge in [0.05, 0.1) is 12.8 Å². The average Bonchev–Trinajstić information content (AvgIpc) is 2.84. The molecule has 4 N–H and O–H groups in total. The number of nitrogens with zero attached hydrogens (tertiary/aromatic N) is 1. The van der Waals surface area contributed by atoms with Crippen LogP contribution in [0, 0.1) is 0 Å². The standard InChI is InChI=1S/C13H16N4O2/c1-2-7-19-10-5-3-9(4-6-10)16-13(18)11-8-15-17-12(11)14/h3-6,8H,2,7H2,1H3,(H,16,18)(H3,14,15,17). The number of ether oxygens (including phenoxy) is 1. The van der Waals surface area contributed by atoms with E-state index in [0.717, 1.165) is 12.2 Å². The summed E-state index contributed by atoms with van der Waals surface area (Å²) >= 11 is 0. The maximum Gasteiger partial charge on any atom is 0.261 e. The van der Waals surface area contributed by atoms with Crippen molar-refractivity contribution in [2.45, 2.75) is 13.3 Å². The zero-order valence-corrected chi connectivity index (χ0v) is 10.6. The fourth-order valence-electron chi connectivity index (χ4n) is 1.53. The zero-order chi connectivity index (χ0) is 13.7. The van der Waals surface area contributed by atoms with Gasteiger partial charge in [-0.05, 0) is 30.7 Å². The number of nitrogen functional groups attached to an aromatic ring is 1. The number of anilines is 2. The number of rotatable bonds is 5. The van der Waals surface area contributed by atoms with Gasteiger partial charge in [-0.15, -0.1) is 0 Å². The molecule has 0 atom stereocenters. The Balaban J connectivity index is 2.00. The second-order valence-electron chi connectivity index (χ2n) is 4.02. The molecule has 0 unspecified atom stereocenters. The Hall–Kier alpha value is -2.50. The van der Waals surface area contributed by atoms with Gasteiger partial charge in [-0.2, -0.15) is 5.10 Å². The monoisotopic (exact) mass is 260 g/mol. The van der Waals surface area contributed by atoms with Crippen LogP contribution in [0.1, 0.15) is 23.7 Å². The normalized spacial score (nSPS) is 10.2. The molecule has 100 valence electrons. The van der Waals surface area contributed by atoms with Gasteiger partial charge in [0.1, 0.15) is 17.1 Å². The van der Waals surface area contributed by atoms with Crippen molar-refractivity contribution in [1.82, 2.24) is 10.2 Å². The molecule has 6 nitrogen and oxygen atoms in total. The van der Waals surface area contributed by atoms with Crippen LogP contribution in [0.5, 0.6) is 5.75 Å². The van der Waals surface area contributed by atoms with E-state index in [2.05, 4.69) is 15.5 Å². The first-order valence-corrected chi connectivity index (χ1v) is 6.03. The molecule has 2 rings (SSSR count). The highest BCUT2D eigenvalue weighted by molar-refractivity contribution is 6.07. The van der Waals surface area contributed by atoms with Crippen molar-refractivity contribution in [3.05, 3.63) is 36.0 Å². The minimum atomic E-state index is -0.298. The van der Waals surface area contributed by atoms with Crippen molar-refractivity contribution in [1.29, 1.82) is 0 Å². The number of aromatic amines is 1. The molecule has 1 aromatic heterocycles. The van der Waals surface area contributed by atoms with E-state index in [0.29, 0.717) is 17.9 Å². The zero-order valence-electron chi connectivity index (χ0n) is 10.6. The lowest BCUT2D eigenvalue weighted by Gasteiger charge is -2.07. The van der Waals surface area contributed by atoms with Gasteiger partial charge in [0.15, 0.2) is 0 Å². The summed E-state index contributed by atoms with van der Waals surface area (Å²) in [7, 11) is 0. The van der Waals surface area contributed by atoms with Crippen LogP contribution in [0.15, 0.2) is 30.5 Å². The second-order valence-corrected chi connectivity index (χ2v) is 4.02. The number of hydrogen-bond acceptors (Lipinski definition) is 4. The molecule has 0 bridgehead atoms. The Morgan fingerprint density at radius 1 is 1.42 bits per heavy atom. The first-order valence-electron chi connectivity index (χ1n) is 6.03. The number of H-pyrrole nitrogens is 1. The number of carbonyl (C=O) groups excluding carboxylic acids is 1. The van der Waals surface area contributed by atoms with E-state index >= 15 is 0 Å². The quantitative estimate of drug-likeness (QED) is 0.766. The molecule has 0 saturated heterocycles. The summed E-state index contributed by atoms with van der Waals surface area (Å²) < 4.78 is 5.46. The predicted octanol–water partition coefficient (Wildman–Crippen LogP) is 2.03. The van der Waals surface area contributed by atoms with E-state index in [1.165, 1.54) is 6.20 Å². The van der Waals surface area contributed by atoms with E-state index in [9.17, 15) is 4.79 Å². The molecule has 0 aliphatic heterocycles. The van der Waals surface area contributed by atoms with Gasteiger partial charge in [-0.25, -0.2) is 0 Å². The summed E-state index contributed by atoms with van der Waals surface area (Å²) in [5.41, 5.74) is 6.58. The van der Waals surface area contributed by atoms with Crippen molar-refractivity contribution >= 4 is 17.4 Å². The van der Waals surface area contributed by atoms with Gasteiger partial charge >= 0.3 is 0 Å². The third kappa shape index (κ3) is 3.25. The number of hydrogen-bond donors (Lipinski definition) is 3. The van der Waals surface area contributed by atoms with Gasteiger partial charge in [0.25, 0.3) is 5.91 Å². The first-order chi connectivity index (χ1) is 9.20. The Kier molecular flexibility index (Phi) is 4.02. The van der Waals surface area contributed by atoms with Crippen LogP contribution in [-0.2, 0) is 0 Å². The van der Waals surface area contributed by atoms with Crippen LogP contribution < -0.4 is 15.8 Å². The molecule has 0 radical (unpaired) electrons. The summed E-state index contributed by atoms with van der Waals surface area (Å²) in [6.45, 7) is 2.72. The molecule has 6 heteroatoms. The molecule has 0 fully saturated rings. The van der Waals surface area contributed by atoms with Crippen molar-refractivity contribution in [3.63, 3.8) is 0 Å². The number of carbonyl (C=O) groups is 1. The minimum absolute atomic E-state index is 0.250.